The van der Waals surface area contributed by atoms with E-state index in [1.807, 2.05) is 6.07 Å². The number of rotatable bonds is 6. The first kappa shape index (κ1) is 22.6. The smallest absolute Gasteiger partial charge is 0.293 e. The predicted octanol–water partition coefficient (Wildman–Crippen LogP) is 5.49. The Kier molecular flexibility index (Phi) is 6.79. The molecular weight excluding hydrogens is 464 g/mol. The van der Waals surface area contributed by atoms with E-state index in [0.717, 1.165) is 11.1 Å². The molecule has 0 aliphatic rings. The van der Waals surface area contributed by atoms with Crippen molar-refractivity contribution in [3.05, 3.63) is 83.3 Å². The number of nitrogens with one attached hydrogen (secondary N) is 2. The molecule has 2 aromatic carbocycles. The second-order valence-corrected chi connectivity index (χ2v) is 7.76. The van der Waals surface area contributed by atoms with Gasteiger partial charge in [0.05, 0.1) is 12.8 Å². The first-order valence-electron chi connectivity index (χ1n) is 9.83. The molecule has 0 unspecified atom stereocenters. The molecule has 0 aliphatic carbocycles. The molecule has 9 heteroatoms. The Bertz CT molecular complexity index is 1300. The highest BCUT2D eigenvalue weighted by Crippen LogP contribution is 2.31. The molecule has 33 heavy (non-hydrogen) atoms. The molecule has 0 aliphatic heterocycles. The Balaban J connectivity index is 1.46. The standard InChI is InChI=1S/C24H19ClN2O5S/c1-30-21-8-4-15(20-9-7-17(13-28)31-20)12-18(21)26-24(33)27-23(29)22-11-10-19(32-22)14-2-5-16(25)6-3-14/h2-12,28H,13H2,1H3,(H2,26,27,29,33). The molecular formula is C24H19ClN2O5S. The number of aliphatic hydroxyl groups excluding tert-OH is 1. The van der Waals surface area contributed by atoms with Crippen LogP contribution in [-0.2, 0) is 6.61 Å². The van der Waals surface area contributed by atoms with Crippen molar-refractivity contribution >= 4 is 40.5 Å². The Morgan fingerprint density at radius 1 is 1.00 bits per heavy atom. The predicted molar refractivity (Wildman–Crippen MR) is 129 cm³/mol. The molecule has 168 valence electrons. The molecule has 2 aromatic heterocycles. The van der Waals surface area contributed by atoms with Crippen LogP contribution in [0.4, 0.5) is 5.69 Å². The molecule has 0 saturated carbocycles. The van der Waals surface area contributed by atoms with E-state index < -0.39 is 5.91 Å². The van der Waals surface area contributed by atoms with Gasteiger partial charge in [0.15, 0.2) is 10.9 Å². The van der Waals surface area contributed by atoms with Crippen LogP contribution >= 0.6 is 23.8 Å². The number of benzene rings is 2. The summed E-state index contributed by atoms with van der Waals surface area (Å²) in [6.45, 7) is -0.191. The minimum atomic E-state index is -0.499. The van der Waals surface area contributed by atoms with Crippen LogP contribution in [-0.4, -0.2) is 23.2 Å². The van der Waals surface area contributed by atoms with E-state index >= 15 is 0 Å². The summed E-state index contributed by atoms with van der Waals surface area (Å²) in [5.74, 6) is 1.69. The molecule has 0 atom stereocenters. The largest absolute Gasteiger partial charge is 0.495 e. The van der Waals surface area contributed by atoms with E-state index in [2.05, 4.69) is 10.6 Å². The number of hydrogen-bond acceptors (Lipinski definition) is 6. The van der Waals surface area contributed by atoms with Crippen molar-refractivity contribution in [2.45, 2.75) is 6.61 Å². The van der Waals surface area contributed by atoms with Crippen LogP contribution < -0.4 is 15.4 Å². The van der Waals surface area contributed by atoms with E-state index in [1.165, 1.54) is 7.11 Å². The molecule has 2 heterocycles. The molecule has 7 nitrogen and oxygen atoms in total. The normalized spacial score (nSPS) is 10.6. The summed E-state index contributed by atoms with van der Waals surface area (Å²) in [7, 11) is 1.53. The lowest BCUT2D eigenvalue weighted by molar-refractivity contribution is 0.0951. The summed E-state index contributed by atoms with van der Waals surface area (Å²) >= 11 is 11.2. The molecule has 0 fully saturated rings. The molecule has 1 amide bonds. The number of methoxy groups -OCH3 is 1. The van der Waals surface area contributed by atoms with Crippen molar-refractivity contribution in [1.82, 2.24) is 5.32 Å². The zero-order valence-electron chi connectivity index (χ0n) is 17.4. The summed E-state index contributed by atoms with van der Waals surface area (Å²) in [5.41, 5.74) is 2.07. The van der Waals surface area contributed by atoms with Gasteiger partial charge in [-0.05, 0) is 78.9 Å². The first-order chi connectivity index (χ1) is 16.0. The van der Waals surface area contributed by atoms with Gasteiger partial charge in [-0.1, -0.05) is 11.6 Å². The quantitative estimate of drug-likeness (QED) is 0.313. The van der Waals surface area contributed by atoms with Crippen LogP contribution in [0.2, 0.25) is 5.02 Å². The monoisotopic (exact) mass is 482 g/mol. The van der Waals surface area contributed by atoms with E-state index in [4.69, 9.17) is 37.4 Å². The van der Waals surface area contributed by atoms with Crippen molar-refractivity contribution < 1.29 is 23.5 Å². The van der Waals surface area contributed by atoms with Crippen LogP contribution in [0.1, 0.15) is 16.3 Å². The number of carbonyl (C=O) groups excluding carboxylic acids is 1. The van der Waals surface area contributed by atoms with E-state index in [-0.39, 0.29) is 17.5 Å². The fourth-order valence-corrected chi connectivity index (χ4v) is 3.45. The van der Waals surface area contributed by atoms with Gasteiger partial charge in [0.1, 0.15) is 29.6 Å². The van der Waals surface area contributed by atoms with Gasteiger partial charge in [-0.25, -0.2) is 0 Å². The third-order valence-electron chi connectivity index (χ3n) is 4.74. The van der Waals surface area contributed by atoms with Crippen molar-refractivity contribution in [1.29, 1.82) is 0 Å². The number of furan rings is 2. The highest BCUT2D eigenvalue weighted by atomic mass is 35.5. The third kappa shape index (κ3) is 5.25. The second-order valence-electron chi connectivity index (χ2n) is 6.92. The molecule has 0 spiro atoms. The number of hydrogen-bond donors (Lipinski definition) is 3. The van der Waals surface area contributed by atoms with Gasteiger partial charge in [-0.3, -0.25) is 10.1 Å². The van der Waals surface area contributed by atoms with Crippen molar-refractivity contribution in [2.24, 2.45) is 0 Å². The van der Waals surface area contributed by atoms with Gasteiger partial charge in [-0.15, -0.1) is 0 Å². The number of halogens is 1. The Morgan fingerprint density at radius 2 is 1.70 bits per heavy atom. The van der Waals surface area contributed by atoms with Gasteiger partial charge < -0.3 is 24.0 Å². The van der Waals surface area contributed by atoms with E-state index in [1.54, 1.807) is 60.7 Å². The molecule has 3 N–H and O–H groups in total. The van der Waals surface area contributed by atoms with Crippen LogP contribution in [0.3, 0.4) is 0 Å². The van der Waals surface area contributed by atoms with Gasteiger partial charge in [0, 0.05) is 16.1 Å². The summed E-state index contributed by atoms with van der Waals surface area (Å²) in [6.07, 6.45) is 0. The SMILES string of the molecule is COc1ccc(-c2ccc(CO)o2)cc1NC(=S)NC(=O)c1ccc(-c2ccc(Cl)cc2)o1. The average molecular weight is 483 g/mol. The van der Waals surface area contributed by atoms with Gasteiger partial charge >= 0.3 is 0 Å². The highest BCUT2D eigenvalue weighted by molar-refractivity contribution is 7.80. The van der Waals surface area contributed by atoms with Crippen LogP contribution in [0.15, 0.2) is 75.6 Å². The lowest BCUT2D eigenvalue weighted by Crippen LogP contribution is -2.34. The van der Waals surface area contributed by atoms with Crippen LogP contribution in [0.5, 0.6) is 5.75 Å². The van der Waals surface area contributed by atoms with Crippen LogP contribution in [0, 0.1) is 0 Å². The summed E-state index contributed by atoms with van der Waals surface area (Å²) in [4.78, 5) is 12.6. The minimum Gasteiger partial charge on any atom is -0.495 e. The lowest BCUT2D eigenvalue weighted by atomic mass is 10.1. The fraction of sp³-hybridized carbons (Fsp3) is 0.0833. The second kappa shape index (κ2) is 9.91. The molecule has 0 saturated heterocycles. The zero-order chi connectivity index (χ0) is 23.4. The minimum absolute atomic E-state index is 0.0652. The van der Waals surface area contributed by atoms with Gasteiger partial charge in [0.2, 0.25) is 0 Å². The zero-order valence-corrected chi connectivity index (χ0v) is 19.0. The highest BCUT2D eigenvalue weighted by Gasteiger charge is 2.16. The Hall–Kier alpha value is -3.59. The summed E-state index contributed by atoms with van der Waals surface area (Å²) in [5, 5.41) is 15.5. The van der Waals surface area contributed by atoms with Crippen molar-refractivity contribution in [2.75, 3.05) is 12.4 Å². The summed E-state index contributed by atoms with van der Waals surface area (Å²) in [6, 6.07) is 19.1. The third-order valence-corrected chi connectivity index (χ3v) is 5.19. The maximum absolute atomic E-state index is 12.6. The molecule has 0 bridgehead atoms. The van der Waals surface area contributed by atoms with Gasteiger partial charge in [0.25, 0.3) is 5.91 Å². The topological polar surface area (TPSA) is 96.9 Å². The van der Waals surface area contributed by atoms with Gasteiger partial charge in [-0.2, -0.15) is 0 Å². The molecule has 4 aromatic rings. The van der Waals surface area contributed by atoms with Crippen molar-refractivity contribution in [3.8, 4) is 28.4 Å². The Labute approximate surface area is 199 Å². The Morgan fingerprint density at radius 3 is 2.39 bits per heavy atom. The number of thiocarbonyl (C=S) groups is 1. The number of carbonyl (C=O) groups is 1. The summed E-state index contributed by atoms with van der Waals surface area (Å²) < 4.78 is 16.6. The number of amides is 1. The lowest BCUT2D eigenvalue weighted by Gasteiger charge is -2.13. The van der Waals surface area contributed by atoms with Crippen LogP contribution in [0.25, 0.3) is 22.6 Å². The maximum Gasteiger partial charge on any atom is 0.293 e. The number of ether oxygens (including phenoxy) is 1. The maximum atomic E-state index is 12.6. The van der Waals surface area contributed by atoms with E-state index in [0.29, 0.717) is 33.7 Å². The first-order valence-corrected chi connectivity index (χ1v) is 10.6. The van der Waals surface area contributed by atoms with E-state index in [9.17, 15) is 9.90 Å². The number of anilines is 1. The fourth-order valence-electron chi connectivity index (χ4n) is 3.12. The molecule has 4 rings (SSSR count). The number of aliphatic hydroxyl groups is 1. The average Bonchev–Trinajstić information content (AvgIpc) is 3.49. The van der Waals surface area contributed by atoms with Crippen molar-refractivity contribution in [3.63, 3.8) is 0 Å². The molecule has 0 radical (unpaired) electrons.